The standard InChI is InChI=1S/C16H22BrN3O/c17-13-9-12(15(18)21)3-4-14(13)20-8-2-6-16(11-20)5-1-7-19-10-16/h3-4,9,19H,1-2,5-8,10-11H2,(H2,18,21). The number of rotatable bonds is 2. The van der Waals surface area contributed by atoms with Gasteiger partial charge in [-0.05, 0) is 66.4 Å². The molecule has 0 radical (unpaired) electrons. The number of amides is 1. The minimum Gasteiger partial charge on any atom is -0.370 e. The lowest BCUT2D eigenvalue weighted by molar-refractivity contribution is 0.1000. The number of halogens is 1. The van der Waals surface area contributed by atoms with E-state index in [0.717, 1.165) is 30.7 Å². The SMILES string of the molecule is NC(=O)c1ccc(N2CCCC3(CCCNC3)C2)c(Br)c1. The molecule has 1 amide bonds. The summed E-state index contributed by atoms with van der Waals surface area (Å²) in [7, 11) is 0. The highest BCUT2D eigenvalue weighted by Crippen LogP contribution is 2.39. The third-order valence-corrected chi connectivity index (χ3v) is 5.43. The smallest absolute Gasteiger partial charge is 0.248 e. The van der Waals surface area contributed by atoms with Crippen molar-refractivity contribution in [3.05, 3.63) is 28.2 Å². The second kappa shape index (κ2) is 5.97. The van der Waals surface area contributed by atoms with Crippen LogP contribution in [0.3, 0.4) is 0 Å². The van der Waals surface area contributed by atoms with E-state index in [0.29, 0.717) is 11.0 Å². The third-order valence-electron chi connectivity index (χ3n) is 4.79. The molecule has 2 saturated heterocycles. The van der Waals surface area contributed by atoms with Crippen molar-refractivity contribution in [2.24, 2.45) is 11.1 Å². The summed E-state index contributed by atoms with van der Waals surface area (Å²) >= 11 is 3.60. The number of piperidine rings is 2. The van der Waals surface area contributed by atoms with Gasteiger partial charge >= 0.3 is 0 Å². The van der Waals surface area contributed by atoms with Crippen LogP contribution in [0.15, 0.2) is 22.7 Å². The quantitative estimate of drug-likeness (QED) is 0.860. The van der Waals surface area contributed by atoms with Crippen molar-refractivity contribution in [2.45, 2.75) is 25.7 Å². The van der Waals surface area contributed by atoms with E-state index < -0.39 is 0 Å². The third kappa shape index (κ3) is 3.09. The van der Waals surface area contributed by atoms with Crippen molar-refractivity contribution in [3.8, 4) is 0 Å². The normalized spacial score (nSPS) is 26.0. The number of carbonyl (C=O) groups is 1. The zero-order chi connectivity index (χ0) is 14.9. The lowest BCUT2D eigenvalue weighted by atomic mass is 9.74. The van der Waals surface area contributed by atoms with Crippen LogP contribution < -0.4 is 16.0 Å². The van der Waals surface area contributed by atoms with Gasteiger partial charge in [-0.2, -0.15) is 0 Å². The van der Waals surface area contributed by atoms with E-state index >= 15 is 0 Å². The molecule has 114 valence electrons. The maximum atomic E-state index is 11.3. The van der Waals surface area contributed by atoms with Gasteiger partial charge in [0.05, 0.1) is 5.69 Å². The Morgan fingerprint density at radius 3 is 2.81 bits per heavy atom. The number of hydrogen-bond acceptors (Lipinski definition) is 3. The summed E-state index contributed by atoms with van der Waals surface area (Å²) in [6.45, 7) is 4.45. The van der Waals surface area contributed by atoms with Gasteiger partial charge in [0, 0.05) is 35.1 Å². The predicted molar refractivity (Wildman–Crippen MR) is 88.6 cm³/mol. The Hall–Kier alpha value is -1.07. The maximum Gasteiger partial charge on any atom is 0.248 e. The summed E-state index contributed by atoms with van der Waals surface area (Å²) in [5.74, 6) is -0.381. The minimum absolute atomic E-state index is 0.381. The number of benzene rings is 1. The van der Waals surface area contributed by atoms with Crippen LogP contribution in [0, 0.1) is 5.41 Å². The number of nitrogens with two attached hydrogens (primary N) is 1. The first-order valence-electron chi connectivity index (χ1n) is 7.65. The summed E-state index contributed by atoms with van der Waals surface area (Å²) in [4.78, 5) is 13.7. The largest absolute Gasteiger partial charge is 0.370 e. The van der Waals surface area contributed by atoms with E-state index in [4.69, 9.17) is 5.73 Å². The summed E-state index contributed by atoms with van der Waals surface area (Å²) in [6.07, 6.45) is 5.13. The maximum absolute atomic E-state index is 11.3. The molecular formula is C16H22BrN3O. The van der Waals surface area contributed by atoms with Gasteiger partial charge < -0.3 is 16.0 Å². The molecule has 0 aliphatic carbocycles. The summed E-state index contributed by atoms with van der Waals surface area (Å²) in [6, 6.07) is 5.67. The molecule has 0 saturated carbocycles. The van der Waals surface area contributed by atoms with E-state index in [-0.39, 0.29) is 5.91 Å². The van der Waals surface area contributed by atoms with Gasteiger partial charge in [-0.25, -0.2) is 0 Å². The van der Waals surface area contributed by atoms with Gasteiger partial charge in [0.15, 0.2) is 0 Å². The van der Waals surface area contributed by atoms with Crippen LogP contribution >= 0.6 is 15.9 Å². The molecule has 21 heavy (non-hydrogen) atoms. The average Bonchev–Trinajstić information content (AvgIpc) is 2.48. The van der Waals surface area contributed by atoms with Crippen LogP contribution in [0.4, 0.5) is 5.69 Å². The topological polar surface area (TPSA) is 58.4 Å². The molecule has 0 bridgehead atoms. The van der Waals surface area contributed by atoms with Gasteiger partial charge in [-0.3, -0.25) is 4.79 Å². The van der Waals surface area contributed by atoms with Crippen molar-refractivity contribution >= 4 is 27.5 Å². The lowest BCUT2D eigenvalue weighted by Gasteiger charge is -2.46. The van der Waals surface area contributed by atoms with Crippen LogP contribution in [0.25, 0.3) is 0 Å². The highest BCUT2D eigenvalue weighted by atomic mass is 79.9. The fourth-order valence-corrected chi connectivity index (χ4v) is 4.34. The Kier molecular flexibility index (Phi) is 4.22. The summed E-state index contributed by atoms with van der Waals surface area (Å²) < 4.78 is 0.958. The molecular weight excluding hydrogens is 330 g/mol. The molecule has 2 fully saturated rings. The number of anilines is 1. The zero-order valence-electron chi connectivity index (χ0n) is 12.2. The summed E-state index contributed by atoms with van der Waals surface area (Å²) in [5.41, 5.74) is 7.48. The fourth-order valence-electron chi connectivity index (χ4n) is 3.71. The number of primary amides is 1. The Balaban J connectivity index is 1.81. The van der Waals surface area contributed by atoms with E-state index in [2.05, 4.69) is 26.1 Å². The number of hydrogen-bond donors (Lipinski definition) is 2. The predicted octanol–water partition coefficient (Wildman–Crippen LogP) is 2.52. The zero-order valence-corrected chi connectivity index (χ0v) is 13.8. The number of carbonyl (C=O) groups excluding carboxylic acids is 1. The van der Waals surface area contributed by atoms with Gasteiger partial charge in [-0.15, -0.1) is 0 Å². The van der Waals surface area contributed by atoms with Crippen LogP contribution in [0.5, 0.6) is 0 Å². The van der Waals surface area contributed by atoms with E-state index in [9.17, 15) is 4.79 Å². The van der Waals surface area contributed by atoms with Crippen LogP contribution in [0.1, 0.15) is 36.0 Å². The molecule has 2 aliphatic heterocycles. The lowest BCUT2D eigenvalue weighted by Crippen LogP contribution is -2.51. The molecule has 1 aromatic rings. The molecule has 3 rings (SSSR count). The number of nitrogens with zero attached hydrogens (tertiary/aromatic N) is 1. The second-order valence-electron chi connectivity index (χ2n) is 6.34. The van der Waals surface area contributed by atoms with E-state index in [1.807, 2.05) is 18.2 Å². The minimum atomic E-state index is -0.381. The molecule has 1 aromatic carbocycles. The molecule has 5 heteroatoms. The molecule has 2 heterocycles. The van der Waals surface area contributed by atoms with Gasteiger partial charge in [0.2, 0.25) is 5.91 Å². The highest BCUT2D eigenvalue weighted by Gasteiger charge is 2.36. The second-order valence-corrected chi connectivity index (χ2v) is 7.19. The first-order chi connectivity index (χ1) is 10.1. The Morgan fingerprint density at radius 2 is 2.14 bits per heavy atom. The molecule has 1 unspecified atom stereocenters. The van der Waals surface area contributed by atoms with E-state index in [1.54, 1.807) is 0 Å². The average molecular weight is 352 g/mol. The first kappa shape index (κ1) is 14.9. The first-order valence-corrected chi connectivity index (χ1v) is 8.44. The highest BCUT2D eigenvalue weighted by molar-refractivity contribution is 9.10. The Labute approximate surface area is 134 Å². The Bertz CT molecular complexity index is 535. The van der Waals surface area contributed by atoms with E-state index in [1.165, 1.54) is 31.4 Å². The van der Waals surface area contributed by atoms with Crippen molar-refractivity contribution in [2.75, 3.05) is 31.1 Å². The fraction of sp³-hybridized carbons (Fsp3) is 0.562. The molecule has 2 aliphatic rings. The van der Waals surface area contributed by atoms with Gasteiger partial charge in [0.25, 0.3) is 0 Å². The van der Waals surface area contributed by atoms with Crippen molar-refractivity contribution in [1.82, 2.24) is 5.32 Å². The summed E-state index contributed by atoms with van der Waals surface area (Å²) in [5, 5.41) is 3.56. The van der Waals surface area contributed by atoms with Gasteiger partial charge in [-0.1, -0.05) is 0 Å². The molecule has 1 spiro atoms. The molecule has 3 N–H and O–H groups in total. The van der Waals surface area contributed by atoms with Crippen molar-refractivity contribution in [3.63, 3.8) is 0 Å². The number of nitrogens with one attached hydrogen (secondary N) is 1. The monoisotopic (exact) mass is 351 g/mol. The van der Waals surface area contributed by atoms with Crippen LogP contribution in [0.2, 0.25) is 0 Å². The van der Waals surface area contributed by atoms with Crippen molar-refractivity contribution < 1.29 is 4.79 Å². The van der Waals surface area contributed by atoms with Gasteiger partial charge in [0.1, 0.15) is 0 Å². The van der Waals surface area contributed by atoms with Crippen molar-refractivity contribution in [1.29, 1.82) is 0 Å². The Morgan fingerprint density at radius 1 is 1.33 bits per heavy atom. The molecule has 1 atom stereocenters. The van der Waals surface area contributed by atoms with Crippen LogP contribution in [-0.4, -0.2) is 32.1 Å². The van der Waals surface area contributed by atoms with Crippen LogP contribution in [-0.2, 0) is 0 Å². The molecule has 0 aromatic heterocycles. The molecule has 4 nitrogen and oxygen atoms in total.